The average Bonchev–Trinajstić information content (AvgIpc) is 2.12. The van der Waals surface area contributed by atoms with Crippen molar-refractivity contribution in [3.05, 3.63) is 0 Å². The van der Waals surface area contributed by atoms with E-state index in [9.17, 15) is 9.59 Å². The Morgan fingerprint density at radius 3 is 2.79 bits per heavy atom. The van der Waals surface area contributed by atoms with Gasteiger partial charge in [0.25, 0.3) is 0 Å². The van der Waals surface area contributed by atoms with Gasteiger partial charge in [-0.3, -0.25) is 19.9 Å². The molecule has 0 aromatic carbocycles. The zero-order valence-corrected chi connectivity index (χ0v) is 7.64. The fourth-order valence-corrected chi connectivity index (χ4v) is 0.740. The van der Waals surface area contributed by atoms with E-state index < -0.39 is 12.0 Å². The van der Waals surface area contributed by atoms with Crippen LogP contribution < -0.4 is 16.8 Å². The van der Waals surface area contributed by atoms with Crippen LogP contribution in [0.15, 0.2) is 4.99 Å². The van der Waals surface area contributed by atoms with Gasteiger partial charge in [0.05, 0.1) is 0 Å². The van der Waals surface area contributed by atoms with Gasteiger partial charge in [0, 0.05) is 6.54 Å². The van der Waals surface area contributed by atoms with Crippen LogP contribution in [-0.4, -0.2) is 36.0 Å². The highest BCUT2D eigenvalue weighted by Gasteiger charge is 2.09. The van der Waals surface area contributed by atoms with Gasteiger partial charge in [0.2, 0.25) is 6.41 Å². The minimum absolute atomic E-state index is 0.0175. The van der Waals surface area contributed by atoms with Crippen molar-refractivity contribution < 1.29 is 14.7 Å². The third-order valence-electron chi connectivity index (χ3n) is 1.48. The van der Waals surface area contributed by atoms with Crippen molar-refractivity contribution >= 4 is 18.3 Å². The molecular formula is C7H14N4O3. The van der Waals surface area contributed by atoms with Crippen molar-refractivity contribution in [2.24, 2.45) is 16.5 Å². The smallest absolute Gasteiger partial charge is 0.320 e. The standard InChI is InChI=1S/C7H14N4O3/c8-5(6(13)14)2-1-3-10-7(9)11-4-12/h4-5H,1-3,8H2,(H,13,14)(H3,9,10,11,12). The summed E-state index contributed by atoms with van der Waals surface area (Å²) in [5.74, 6) is -1.02. The summed E-state index contributed by atoms with van der Waals surface area (Å²) < 4.78 is 0. The lowest BCUT2D eigenvalue weighted by molar-refractivity contribution is -0.138. The number of nitrogens with zero attached hydrogens (tertiary/aromatic N) is 1. The van der Waals surface area contributed by atoms with Crippen molar-refractivity contribution in [3.8, 4) is 0 Å². The number of rotatable bonds is 6. The molecule has 0 aromatic rings. The molecule has 0 saturated carbocycles. The van der Waals surface area contributed by atoms with Crippen LogP contribution in [0.5, 0.6) is 0 Å². The van der Waals surface area contributed by atoms with E-state index in [-0.39, 0.29) is 5.96 Å². The Labute approximate surface area is 81.2 Å². The molecule has 0 aliphatic heterocycles. The molecule has 0 radical (unpaired) electrons. The minimum Gasteiger partial charge on any atom is -0.480 e. The van der Waals surface area contributed by atoms with Gasteiger partial charge in [-0.15, -0.1) is 0 Å². The number of aliphatic carboxylic acids is 1. The first-order chi connectivity index (χ1) is 6.57. The second-order valence-corrected chi connectivity index (χ2v) is 2.62. The highest BCUT2D eigenvalue weighted by atomic mass is 16.4. The van der Waals surface area contributed by atoms with Crippen molar-refractivity contribution in [1.29, 1.82) is 0 Å². The molecule has 14 heavy (non-hydrogen) atoms. The van der Waals surface area contributed by atoms with Crippen LogP contribution in [0, 0.1) is 0 Å². The summed E-state index contributed by atoms with van der Waals surface area (Å²) in [6.45, 7) is 0.341. The SMILES string of the molecule is NC(=NCCCC(N)C(=O)O)NC=O. The van der Waals surface area contributed by atoms with Crippen LogP contribution >= 0.6 is 0 Å². The van der Waals surface area contributed by atoms with Crippen LogP contribution in [-0.2, 0) is 9.59 Å². The minimum atomic E-state index is -1.03. The number of carbonyl (C=O) groups is 2. The number of nitrogens with one attached hydrogen (secondary N) is 1. The van der Waals surface area contributed by atoms with Gasteiger partial charge in [-0.05, 0) is 12.8 Å². The molecule has 0 heterocycles. The lowest BCUT2D eigenvalue weighted by atomic mass is 10.2. The van der Waals surface area contributed by atoms with Crippen molar-refractivity contribution in [2.45, 2.75) is 18.9 Å². The van der Waals surface area contributed by atoms with E-state index in [4.69, 9.17) is 16.6 Å². The zero-order valence-electron chi connectivity index (χ0n) is 7.64. The van der Waals surface area contributed by atoms with Crippen molar-refractivity contribution in [1.82, 2.24) is 5.32 Å². The molecule has 1 amide bonds. The van der Waals surface area contributed by atoms with Crippen LogP contribution in [0.2, 0.25) is 0 Å². The Morgan fingerprint density at radius 1 is 1.64 bits per heavy atom. The van der Waals surface area contributed by atoms with E-state index >= 15 is 0 Å². The summed E-state index contributed by atoms with van der Waals surface area (Å²) in [4.78, 5) is 23.9. The number of amides is 1. The first-order valence-corrected chi connectivity index (χ1v) is 4.06. The lowest BCUT2D eigenvalue weighted by Gasteiger charge is -2.03. The maximum absolute atomic E-state index is 10.3. The molecular weight excluding hydrogens is 188 g/mol. The fraction of sp³-hybridized carbons (Fsp3) is 0.571. The third kappa shape index (κ3) is 5.95. The Hall–Kier alpha value is -1.63. The molecule has 1 atom stereocenters. The number of carbonyl (C=O) groups excluding carboxylic acids is 1. The second kappa shape index (κ2) is 6.84. The van der Waals surface area contributed by atoms with Gasteiger partial charge >= 0.3 is 5.97 Å². The van der Waals surface area contributed by atoms with E-state index in [1.54, 1.807) is 0 Å². The summed E-state index contributed by atoms with van der Waals surface area (Å²) in [5.41, 5.74) is 10.5. The van der Waals surface area contributed by atoms with Gasteiger partial charge < -0.3 is 16.6 Å². The van der Waals surface area contributed by atoms with Crippen molar-refractivity contribution in [3.63, 3.8) is 0 Å². The number of hydrogen-bond donors (Lipinski definition) is 4. The van der Waals surface area contributed by atoms with Gasteiger partial charge in [-0.2, -0.15) is 0 Å². The number of carboxylic acid groups (broad SMARTS) is 1. The normalized spacial score (nSPS) is 13.4. The maximum Gasteiger partial charge on any atom is 0.320 e. The number of guanidine groups is 1. The Balaban J connectivity index is 3.59. The summed E-state index contributed by atoms with van der Waals surface area (Å²) in [5, 5.41) is 10.6. The second-order valence-electron chi connectivity index (χ2n) is 2.62. The molecule has 7 nitrogen and oxygen atoms in total. The van der Waals surface area contributed by atoms with E-state index in [2.05, 4.69) is 10.3 Å². The van der Waals surface area contributed by atoms with E-state index in [1.165, 1.54) is 0 Å². The van der Waals surface area contributed by atoms with Gasteiger partial charge in [0.1, 0.15) is 6.04 Å². The number of aliphatic imine (C=N–C) groups is 1. The lowest BCUT2D eigenvalue weighted by Crippen LogP contribution is -2.31. The monoisotopic (exact) mass is 202 g/mol. The molecule has 0 bridgehead atoms. The molecule has 0 fully saturated rings. The fourth-order valence-electron chi connectivity index (χ4n) is 0.740. The van der Waals surface area contributed by atoms with Crippen LogP contribution in [0.25, 0.3) is 0 Å². The number of hydrogen-bond acceptors (Lipinski definition) is 4. The summed E-state index contributed by atoms with van der Waals surface area (Å²) >= 11 is 0. The third-order valence-corrected chi connectivity index (χ3v) is 1.48. The zero-order chi connectivity index (χ0) is 11.0. The summed E-state index contributed by atoms with van der Waals surface area (Å²) in [7, 11) is 0. The first-order valence-electron chi connectivity index (χ1n) is 4.06. The van der Waals surface area contributed by atoms with Gasteiger partial charge in [0.15, 0.2) is 5.96 Å². The number of nitrogens with two attached hydrogens (primary N) is 2. The Kier molecular flexibility index (Phi) is 6.04. The molecule has 0 rings (SSSR count). The summed E-state index contributed by atoms with van der Waals surface area (Å²) in [6.07, 6.45) is 1.25. The molecule has 0 saturated heterocycles. The van der Waals surface area contributed by atoms with Crippen LogP contribution in [0.3, 0.4) is 0 Å². The van der Waals surface area contributed by atoms with Gasteiger partial charge in [-0.25, -0.2) is 0 Å². The molecule has 80 valence electrons. The Morgan fingerprint density at radius 2 is 2.29 bits per heavy atom. The maximum atomic E-state index is 10.3. The molecule has 7 heteroatoms. The number of carboxylic acids is 1. The summed E-state index contributed by atoms with van der Waals surface area (Å²) in [6, 6.07) is -0.870. The molecule has 0 aliphatic rings. The van der Waals surface area contributed by atoms with Gasteiger partial charge in [-0.1, -0.05) is 0 Å². The molecule has 6 N–H and O–H groups in total. The van der Waals surface area contributed by atoms with E-state index in [0.29, 0.717) is 25.8 Å². The molecule has 0 spiro atoms. The highest BCUT2D eigenvalue weighted by molar-refractivity contribution is 5.87. The highest BCUT2D eigenvalue weighted by Crippen LogP contribution is 1.94. The Bertz CT molecular complexity index is 229. The largest absolute Gasteiger partial charge is 0.480 e. The topological polar surface area (TPSA) is 131 Å². The predicted molar refractivity (Wildman–Crippen MR) is 50.5 cm³/mol. The first kappa shape index (κ1) is 12.4. The van der Waals surface area contributed by atoms with Crippen LogP contribution in [0.1, 0.15) is 12.8 Å². The molecule has 0 aromatic heterocycles. The molecule has 1 unspecified atom stereocenters. The van der Waals surface area contributed by atoms with E-state index in [1.807, 2.05) is 0 Å². The van der Waals surface area contributed by atoms with E-state index in [0.717, 1.165) is 0 Å². The average molecular weight is 202 g/mol. The van der Waals surface area contributed by atoms with Crippen LogP contribution in [0.4, 0.5) is 0 Å². The quantitative estimate of drug-likeness (QED) is 0.175. The predicted octanol–water partition coefficient (Wildman–Crippen LogP) is -1.76. The van der Waals surface area contributed by atoms with Crippen molar-refractivity contribution in [2.75, 3.05) is 6.54 Å². The molecule has 0 aliphatic carbocycles.